The van der Waals surface area contributed by atoms with Crippen LogP contribution in [0.1, 0.15) is 37.2 Å². The van der Waals surface area contributed by atoms with Crippen molar-refractivity contribution in [3.05, 3.63) is 23.3 Å². The number of nitrogens with one attached hydrogen (secondary N) is 2. The predicted molar refractivity (Wildman–Crippen MR) is 110 cm³/mol. The van der Waals surface area contributed by atoms with Gasteiger partial charge < -0.3 is 25.7 Å². The SMILES string of the molecule is CC(C)COC(=O)N1CCC(C(=O)Nc2nc(-c3c[nH]c(C(N)=O)c3)cs2)CC1. The Hall–Kier alpha value is -2.88. The van der Waals surface area contributed by atoms with Gasteiger partial charge in [0.15, 0.2) is 5.13 Å². The Labute approximate surface area is 172 Å². The third-order valence-electron chi connectivity index (χ3n) is 4.64. The number of primary amides is 1. The van der Waals surface area contributed by atoms with Crippen molar-refractivity contribution in [2.45, 2.75) is 26.7 Å². The van der Waals surface area contributed by atoms with Gasteiger partial charge in [0.25, 0.3) is 5.91 Å². The number of nitrogens with two attached hydrogens (primary N) is 1. The summed E-state index contributed by atoms with van der Waals surface area (Å²) in [6.07, 6.45) is 2.50. The number of hydrogen-bond acceptors (Lipinski definition) is 6. The van der Waals surface area contributed by atoms with E-state index >= 15 is 0 Å². The van der Waals surface area contributed by atoms with E-state index in [0.717, 1.165) is 5.56 Å². The quantitative estimate of drug-likeness (QED) is 0.663. The Kier molecular flexibility index (Phi) is 6.53. The van der Waals surface area contributed by atoms with Crippen molar-refractivity contribution in [3.63, 3.8) is 0 Å². The Balaban J connectivity index is 1.50. The van der Waals surface area contributed by atoms with Gasteiger partial charge in [-0.2, -0.15) is 0 Å². The normalized spacial score (nSPS) is 14.8. The molecule has 0 spiro atoms. The smallest absolute Gasteiger partial charge is 0.409 e. The minimum Gasteiger partial charge on any atom is -0.449 e. The van der Waals surface area contributed by atoms with Crippen molar-refractivity contribution in [2.24, 2.45) is 17.6 Å². The van der Waals surface area contributed by atoms with Crippen LogP contribution in [0, 0.1) is 11.8 Å². The van der Waals surface area contributed by atoms with E-state index < -0.39 is 5.91 Å². The highest BCUT2D eigenvalue weighted by molar-refractivity contribution is 7.14. The average Bonchev–Trinajstić information content (AvgIpc) is 3.35. The van der Waals surface area contributed by atoms with Crippen LogP contribution >= 0.6 is 11.3 Å². The molecule has 0 aliphatic carbocycles. The molecule has 1 aliphatic heterocycles. The number of thiazole rings is 1. The number of carbonyl (C=O) groups is 3. The molecule has 3 heterocycles. The third kappa shape index (κ3) is 5.35. The zero-order valence-corrected chi connectivity index (χ0v) is 17.3. The summed E-state index contributed by atoms with van der Waals surface area (Å²) < 4.78 is 5.24. The minimum absolute atomic E-state index is 0.104. The van der Waals surface area contributed by atoms with Gasteiger partial charge in [-0.25, -0.2) is 9.78 Å². The molecule has 29 heavy (non-hydrogen) atoms. The van der Waals surface area contributed by atoms with Crippen molar-refractivity contribution < 1.29 is 19.1 Å². The van der Waals surface area contributed by atoms with E-state index in [-0.39, 0.29) is 17.9 Å². The van der Waals surface area contributed by atoms with Gasteiger partial charge in [-0.1, -0.05) is 13.8 Å². The number of likely N-dealkylation sites (tertiary alicyclic amines) is 1. The van der Waals surface area contributed by atoms with E-state index in [0.29, 0.717) is 55.0 Å². The lowest BCUT2D eigenvalue weighted by molar-refractivity contribution is -0.121. The zero-order chi connectivity index (χ0) is 21.0. The lowest BCUT2D eigenvalue weighted by Gasteiger charge is -2.30. The van der Waals surface area contributed by atoms with Gasteiger partial charge in [0.2, 0.25) is 5.91 Å². The molecule has 0 radical (unpaired) electrons. The summed E-state index contributed by atoms with van der Waals surface area (Å²) in [6.45, 7) is 5.36. The van der Waals surface area contributed by atoms with Crippen LogP contribution < -0.4 is 11.1 Å². The largest absolute Gasteiger partial charge is 0.449 e. The number of ether oxygens (including phenoxy) is 1. The van der Waals surface area contributed by atoms with Gasteiger partial charge in [0, 0.05) is 36.1 Å². The standard InChI is InChI=1S/C19H25N5O4S/c1-11(2)9-28-19(27)24-5-3-12(4-6-24)17(26)23-18-22-15(10-29-18)13-7-14(16(20)25)21-8-13/h7-8,10-12,21H,3-6,9H2,1-2H3,(H2,20,25)(H,22,23,26). The van der Waals surface area contributed by atoms with Crippen LogP contribution in [0.25, 0.3) is 11.3 Å². The zero-order valence-electron chi connectivity index (χ0n) is 16.4. The van der Waals surface area contributed by atoms with Crippen molar-refractivity contribution in [1.82, 2.24) is 14.9 Å². The predicted octanol–water partition coefficient (Wildman–Crippen LogP) is 2.68. The van der Waals surface area contributed by atoms with E-state index in [1.54, 1.807) is 22.5 Å². The highest BCUT2D eigenvalue weighted by Crippen LogP contribution is 2.27. The molecule has 1 fully saturated rings. The molecule has 0 saturated carbocycles. The van der Waals surface area contributed by atoms with Crippen LogP contribution in [0.2, 0.25) is 0 Å². The molecule has 9 nitrogen and oxygen atoms in total. The maximum Gasteiger partial charge on any atom is 0.409 e. The van der Waals surface area contributed by atoms with Crippen LogP contribution in [0.15, 0.2) is 17.6 Å². The van der Waals surface area contributed by atoms with Crippen LogP contribution in [0.4, 0.5) is 9.93 Å². The van der Waals surface area contributed by atoms with Gasteiger partial charge in [0.05, 0.1) is 12.3 Å². The molecular formula is C19H25N5O4S. The van der Waals surface area contributed by atoms with Crippen molar-refractivity contribution in [2.75, 3.05) is 25.0 Å². The molecule has 0 atom stereocenters. The summed E-state index contributed by atoms with van der Waals surface area (Å²) in [5.74, 6) is -0.531. The summed E-state index contributed by atoms with van der Waals surface area (Å²) in [5, 5.41) is 5.14. The van der Waals surface area contributed by atoms with Gasteiger partial charge >= 0.3 is 6.09 Å². The highest BCUT2D eigenvalue weighted by Gasteiger charge is 2.28. The number of carbonyl (C=O) groups excluding carboxylic acids is 3. The topological polar surface area (TPSA) is 130 Å². The highest BCUT2D eigenvalue weighted by atomic mass is 32.1. The minimum atomic E-state index is -0.542. The molecule has 1 saturated heterocycles. The van der Waals surface area contributed by atoms with Gasteiger partial charge in [-0.3, -0.25) is 9.59 Å². The van der Waals surface area contributed by atoms with E-state index in [9.17, 15) is 14.4 Å². The molecule has 0 unspecified atom stereocenters. The fourth-order valence-electron chi connectivity index (χ4n) is 3.01. The Morgan fingerprint density at radius 1 is 1.38 bits per heavy atom. The molecule has 2 aromatic rings. The number of aromatic nitrogens is 2. The first kappa shape index (κ1) is 20.8. The lowest BCUT2D eigenvalue weighted by atomic mass is 9.96. The Bertz CT molecular complexity index is 883. The number of hydrogen-bond donors (Lipinski definition) is 3. The number of amides is 3. The average molecular weight is 420 g/mol. The summed E-state index contributed by atoms with van der Waals surface area (Å²) >= 11 is 1.31. The van der Waals surface area contributed by atoms with Gasteiger partial charge in [-0.15, -0.1) is 11.3 Å². The number of H-pyrrole nitrogens is 1. The summed E-state index contributed by atoms with van der Waals surface area (Å²) in [4.78, 5) is 44.6. The fraction of sp³-hybridized carbons (Fsp3) is 0.474. The second kappa shape index (κ2) is 9.08. The first-order valence-corrected chi connectivity index (χ1v) is 10.4. The number of anilines is 1. The van der Waals surface area contributed by atoms with Crippen LogP contribution in [-0.2, 0) is 9.53 Å². The number of nitrogens with zero attached hydrogens (tertiary/aromatic N) is 2. The first-order chi connectivity index (χ1) is 13.8. The molecule has 156 valence electrons. The maximum absolute atomic E-state index is 12.6. The molecule has 0 aromatic carbocycles. The summed E-state index contributed by atoms with van der Waals surface area (Å²) in [5.41, 5.74) is 6.92. The molecule has 4 N–H and O–H groups in total. The molecule has 1 aliphatic rings. The first-order valence-electron chi connectivity index (χ1n) is 9.50. The van der Waals surface area contributed by atoms with Crippen molar-refractivity contribution in [1.29, 1.82) is 0 Å². The van der Waals surface area contributed by atoms with Crippen molar-refractivity contribution >= 4 is 34.4 Å². The third-order valence-corrected chi connectivity index (χ3v) is 5.40. The van der Waals surface area contributed by atoms with Crippen LogP contribution in [-0.4, -0.2) is 52.5 Å². The Morgan fingerprint density at radius 3 is 2.72 bits per heavy atom. The van der Waals surface area contributed by atoms with Crippen LogP contribution in [0.3, 0.4) is 0 Å². The Morgan fingerprint density at radius 2 is 2.10 bits per heavy atom. The molecule has 3 rings (SSSR count). The van der Waals surface area contributed by atoms with E-state index in [1.807, 2.05) is 13.8 Å². The fourth-order valence-corrected chi connectivity index (χ4v) is 3.73. The second-order valence-electron chi connectivity index (χ2n) is 7.43. The number of piperidine rings is 1. The number of aromatic amines is 1. The summed E-state index contributed by atoms with van der Waals surface area (Å²) in [6, 6.07) is 1.62. The van der Waals surface area contributed by atoms with E-state index in [4.69, 9.17) is 10.5 Å². The summed E-state index contributed by atoms with van der Waals surface area (Å²) in [7, 11) is 0. The molecule has 10 heteroatoms. The second-order valence-corrected chi connectivity index (χ2v) is 8.28. The molecule has 0 bridgehead atoms. The molecule has 2 aromatic heterocycles. The lowest BCUT2D eigenvalue weighted by Crippen LogP contribution is -2.42. The molecular weight excluding hydrogens is 394 g/mol. The van der Waals surface area contributed by atoms with Crippen molar-refractivity contribution in [3.8, 4) is 11.3 Å². The van der Waals surface area contributed by atoms with Gasteiger partial charge in [0.1, 0.15) is 5.69 Å². The maximum atomic E-state index is 12.6. The monoisotopic (exact) mass is 419 g/mol. The number of rotatable bonds is 6. The van der Waals surface area contributed by atoms with E-state index in [2.05, 4.69) is 15.3 Å². The van der Waals surface area contributed by atoms with E-state index in [1.165, 1.54) is 11.3 Å². The van der Waals surface area contributed by atoms with Crippen LogP contribution in [0.5, 0.6) is 0 Å². The molecule has 3 amide bonds. The van der Waals surface area contributed by atoms with Gasteiger partial charge in [-0.05, 0) is 24.8 Å².